The Kier molecular flexibility index (Phi) is 4.07. The number of furan rings is 1. The van der Waals surface area contributed by atoms with Crippen LogP contribution in [0.4, 0.5) is 5.69 Å². The number of benzene rings is 1. The molecule has 1 atom stereocenters. The fourth-order valence-electron chi connectivity index (χ4n) is 1.65. The Hall–Kier alpha value is -2.43. The van der Waals surface area contributed by atoms with Crippen LogP contribution in [0.15, 0.2) is 47.1 Å². The molecule has 0 saturated carbocycles. The van der Waals surface area contributed by atoms with Gasteiger partial charge in [0.2, 0.25) is 0 Å². The number of anilines is 1. The summed E-state index contributed by atoms with van der Waals surface area (Å²) in [6.45, 7) is 1.76. The third kappa shape index (κ3) is 3.51. The molecule has 1 aromatic heterocycles. The predicted octanol–water partition coefficient (Wildman–Crippen LogP) is 2.12. The van der Waals surface area contributed by atoms with Crippen molar-refractivity contribution in [3.63, 3.8) is 0 Å². The lowest BCUT2D eigenvalue weighted by Crippen LogP contribution is -2.31. The molecule has 19 heavy (non-hydrogen) atoms. The zero-order valence-electron chi connectivity index (χ0n) is 10.6. The molecule has 0 fully saturated rings. The van der Waals surface area contributed by atoms with Crippen LogP contribution in [0.2, 0.25) is 0 Å². The maximum absolute atomic E-state index is 11.7. The summed E-state index contributed by atoms with van der Waals surface area (Å²) >= 11 is 0. The average molecular weight is 260 g/mol. The third-order valence-electron chi connectivity index (χ3n) is 2.63. The summed E-state index contributed by atoms with van der Waals surface area (Å²) in [5, 5.41) is 2.77. The molecule has 1 amide bonds. The van der Waals surface area contributed by atoms with E-state index in [1.807, 2.05) is 6.92 Å². The van der Waals surface area contributed by atoms with Gasteiger partial charge in [0, 0.05) is 0 Å². The van der Waals surface area contributed by atoms with E-state index in [1.165, 1.54) is 0 Å². The number of nitrogen functional groups attached to an aromatic ring is 1. The summed E-state index contributed by atoms with van der Waals surface area (Å²) in [7, 11) is 0. The SMILES string of the molecule is CC(NC(=O)COc1ccccc1N)c1ccco1. The lowest BCUT2D eigenvalue weighted by molar-refractivity contribution is -0.123. The van der Waals surface area contributed by atoms with Gasteiger partial charge < -0.3 is 20.2 Å². The number of hydrogen-bond acceptors (Lipinski definition) is 4. The Morgan fingerprint density at radius 2 is 2.16 bits per heavy atom. The number of nitrogens with two attached hydrogens (primary N) is 1. The van der Waals surface area contributed by atoms with Crippen LogP contribution in [0.1, 0.15) is 18.7 Å². The lowest BCUT2D eigenvalue weighted by Gasteiger charge is -2.12. The van der Waals surface area contributed by atoms with Crippen LogP contribution in [0.5, 0.6) is 5.75 Å². The summed E-state index contributed by atoms with van der Waals surface area (Å²) < 4.78 is 10.6. The number of para-hydroxylation sites is 2. The highest BCUT2D eigenvalue weighted by molar-refractivity contribution is 5.78. The molecule has 2 aromatic rings. The van der Waals surface area contributed by atoms with E-state index in [0.29, 0.717) is 17.2 Å². The second kappa shape index (κ2) is 5.95. The maximum Gasteiger partial charge on any atom is 0.258 e. The topological polar surface area (TPSA) is 77.5 Å². The third-order valence-corrected chi connectivity index (χ3v) is 2.63. The Morgan fingerprint density at radius 3 is 2.84 bits per heavy atom. The van der Waals surface area contributed by atoms with E-state index in [1.54, 1.807) is 42.7 Å². The normalized spacial score (nSPS) is 11.8. The molecule has 5 nitrogen and oxygen atoms in total. The van der Waals surface area contributed by atoms with Crippen molar-refractivity contribution in [1.82, 2.24) is 5.32 Å². The van der Waals surface area contributed by atoms with Crippen LogP contribution < -0.4 is 15.8 Å². The molecule has 0 spiro atoms. The summed E-state index contributed by atoms with van der Waals surface area (Å²) in [6.07, 6.45) is 1.57. The van der Waals surface area contributed by atoms with Crippen molar-refractivity contribution in [2.24, 2.45) is 0 Å². The standard InChI is InChI=1S/C14H16N2O3/c1-10(12-7-4-8-18-12)16-14(17)9-19-13-6-3-2-5-11(13)15/h2-8,10H,9,15H2,1H3,(H,16,17). The zero-order chi connectivity index (χ0) is 13.7. The van der Waals surface area contributed by atoms with Gasteiger partial charge >= 0.3 is 0 Å². The fourth-order valence-corrected chi connectivity index (χ4v) is 1.65. The van der Waals surface area contributed by atoms with E-state index in [2.05, 4.69) is 5.32 Å². The quantitative estimate of drug-likeness (QED) is 0.807. The number of carbonyl (C=O) groups is 1. The van der Waals surface area contributed by atoms with Gasteiger partial charge in [0.15, 0.2) is 6.61 Å². The number of hydrogen-bond donors (Lipinski definition) is 2. The second-order valence-electron chi connectivity index (χ2n) is 4.13. The number of carbonyl (C=O) groups excluding carboxylic acids is 1. The molecule has 100 valence electrons. The summed E-state index contributed by atoms with van der Waals surface area (Å²) in [5.74, 6) is 0.975. The Bertz CT molecular complexity index is 537. The molecule has 5 heteroatoms. The van der Waals surface area contributed by atoms with Crippen molar-refractivity contribution in [3.05, 3.63) is 48.4 Å². The van der Waals surface area contributed by atoms with Gasteiger partial charge in [-0.05, 0) is 31.2 Å². The molecule has 1 aromatic carbocycles. The molecular formula is C14H16N2O3. The highest BCUT2D eigenvalue weighted by Crippen LogP contribution is 2.19. The van der Waals surface area contributed by atoms with E-state index < -0.39 is 0 Å². The number of nitrogens with one attached hydrogen (secondary N) is 1. The average Bonchev–Trinajstić information content (AvgIpc) is 2.91. The smallest absolute Gasteiger partial charge is 0.258 e. The molecule has 1 heterocycles. The highest BCUT2D eigenvalue weighted by Gasteiger charge is 2.12. The number of amides is 1. The van der Waals surface area contributed by atoms with Crippen molar-refractivity contribution >= 4 is 11.6 Å². The first-order valence-corrected chi connectivity index (χ1v) is 5.97. The van der Waals surface area contributed by atoms with Crippen LogP contribution in [0.25, 0.3) is 0 Å². The van der Waals surface area contributed by atoms with Crippen LogP contribution >= 0.6 is 0 Å². The molecule has 2 rings (SSSR count). The highest BCUT2D eigenvalue weighted by atomic mass is 16.5. The molecule has 3 N–H and O–H groups in total. The second-order valence-corrected chi connectivity index (χ2v) is 4.13. The van der Waals surface area contributed by atoms with Gasteiger partial charge in [-0.25, -0.2) is 0 Å². The molecule has 0 radical (unpaired) electrons. The van der Waals surface area contributed by atoms with Gasteiger partial charge in [-0.15, -0.1) is 0 Å². The first-order chi connectivity index (χ1) is 9.16. The number of ether oxygens (including phenoxy) is 1. The lowest BCUT2D eigenvalue weighted by atomic mass is 10.2. The van der Waals surface area contributed by atoms with Crippen LogP contribution in [-0.4, -0.2) is 12.5 Å². The monoisotopic (exact) mass is 260 g/mol. The Labute approximate surface area is 111 Å². The van der Waals surface area contributed by atoms with E-state index >= 15 is 0 Å². The van der Waals surface area contributed by atoms with Crippen LogP contribution in [0.3, 0.4) is 0 Å². The van der Waals surface area contributed by atoms with Crippen molar-refractivity contribution < 1.29 is 13.9 Å². The van der Waals surface area contributed by atoms with Crippen molar-refractivity contribution in [1.29, 1.82) is 0 Å². The van der Waals surface area contributed by atoms with Crippen molar-refractivity contribution in [2.45, 2.75) is 13.0 Å². The van der Waals surface area contributed by atoms with Crippen LogP contribution in [0, 0.1) is 0 Å². The van der Waals surface area contributed by atoms with Gasteiger partial charge in [-0.2, -0.15) is 0 Å². The van der Waals surface area contributed by atoms with Crippen molar-refractivity contribution in [2.75, 3.05) is 12.3 Å². The Morgan fingerprint density at radius 1 is 1.37 bits per heavy atom. The zero-order valence-corrected chi connectivity index (χ0v) is 10.6. The maximum atomic E-state index is 11.7. The van der Waals surface area contributed by atoms with E-state index in [4.69, 9.17) is 14.9 Å². The molecule has 0 aliphatic carbocycles. The van der Waals surface area contributed by atoms with Gasteiger partial charge in [0.05, 0.1) is 18.0 Å². The largest absolute Gasteiger partial charge is 0.482 e. The summed E-state index contributed by atoms with van der Waals surface area (Å²) in [6, 6.07) is 10.4. The Balaban J connectivity index is 1.84. The number of rotatable bonds is 5. The first-order valence-electron chi connectivity index (χ1n) is 5.97. The molecule has 0 bridgehead atoms. The summed E-state index contributed by atoms with van der Waals surface area (Å²) in [4.78, 5) is 11.7. The molecule has 0 aliphatic rings. The summed E-state index contributed by atoms with van der Waals surface area (Å²) in [5.41, 5.74) is 6.22. The minimum atomic E-state index is -0.229. The molecular weight excluding hydrogens is 244 g/mol. The van der Waals surface area contributed by atoms with E-state index in [-0.39, 0.29) is 18.6 Å². The van der Waals surface area contributed by atoms with Gasteiger partial charge in [-0.1, -0.05) is 12.1 Å². The van der Waals surface area contributed by atoms with Crippen molar-refractivity contribution in [3.8, 4) is 5.75 Å². The van der Waals surface area contributed by atoms with Gasteiger partial charge in [0.25, 0.3) is 5.91 Å². The van der Waals surface area contributed by atoms with Crippen LogP contribution in [-0.2, 0) is 4.79 Å². The fraction of sp³-hybridized carbons (Fsp3) is 0.214. The molecule has 0 saturated heterocycles. The van der Waals surface area contributed by atoms with Gasteiger partial charge in [-0.3, -0.25) is 4.79 Å². The minimum absolute atomic E-state index is 0.0841. The van der Waals surface area contributed by atoms with Gasteiger partial charge in [0.1, 0.15) is 11.5 Å². The molecule has 1 unspecified atom stereocenters. The predicted molar refractivity (Wildman–Crippen MR) is 71.6 cm³/mol. The minimum Gasteiger partial charge on any atom is -0.482 e. The first kappa shape index (κ1) is 13.0. The molecule has 0 aliphatic heterocycles. The van der Waals surface area contributed by atoms with E-state index in [9.17, 15) is 4.79 Å². The van der Waals surface area contributed by atoms with E-state index in [0.717, 1.165) is 0 Å².